The summed E-state index contributed by atoms with van der Waals surface area (Å²) in [6.45, 7) is 0.314. The van der Waals surface area contributed by atoms with Gasteiger partial charge in [-0.25, -0.2) is 9.78 Å². The molecule has 1 N–H and O–H groups in total. The Labute approximate surface area is 141 Å². The standard InChI is InChI=1S/C15H16N2O4S2/c1-21-10-6-11(15(19)20)17(7-10)13(18)5-9-8-23-14(16-9)12-3-2-4-22-12/h2-4,8,10-11H,5-7H2,1H3,(H,19,20). The number of carbonyl (C=O) groups excluding carboxylic acids is 1. The van der Waals surface area contributed by atoms with E-state index in [4.69, 9.17) is 4.74 Å². The Hall–Kier alpha value is -1.77. The molecule has 2 aromatic heterocycles. The molecule has 2 atom stereocenters. The van der Waals surface area contributed by atoms with Crippen LogP contribution in [0.3, 0.4) is 0 Å². The van der Waals surface area contributed by atoms with Gasteiger partial charge in [-0.1, -0.05) is 6.07 Å². The largest absolute Gasteiger partial charge is 0.480 e. The van der Waals surface area contributed by atoms with Crippen molar-refractivity contribution >= 4 is 34.6 Å². The monoisotopic (exact) mass is 352 g/mol. The van der Waals surface area contributed by atoms with Crippen LogP contribution < -0.4 is 0 Å². The molecule has 3 heterocycles. The third kappa shape index (κ3) is 3.44. The van der Waals surface area contributed by atoms with Crippen LogP contribution in [0.15, 0.2) is 22.9 Å². The van der Waals surface area contributed by atoms with Crippen LogP contribution in [0.2, 0.25) is 0 Å². The fraction of sp³-hybridized carbons (Fsp3) is 0.400. The summed E-state index contributed by atoms with van der Waals surface area (Å²) in [7, 11) is 1.53. The molecule has 0 saturated carbocycles. The molecule has 1 fully saturated rings. The zero-order valence-electron chi connectivity index (χ0n) is 12.5. The van der Waals surface area contributed by atoms with E-state index in [-0.39, 0.29) is 18.4 Å². The molecule has 2 aromatic rings. The van der Waals surface area contributed by atoms with E-state index in [2.05, 4.69) is 4.98 Å². The SMILES string of the molecule is COC1CC(C(=O)O)N(C(=O)Cc2csc(-c3cccs3)n2)C1. The van der Waals surface area contributed by atoms with E-state index < -0.39 is 12.0 Å². The average molecular weight is 352 g/mol. The van der Waals surface area contributed by atoms with Gasteiger partial charge in [-0.3, -0.25) is 4.79 Å². The van der Waals surface area contributed by atoms with Crippen molar-refractivity contribution in [3.8, 4) is 9.88 Å². The van der Waals surface area contributed by atoms with Gasteiger partial charge in [0.05, 0.1) is 23.1 Å². The highest BCUT2D eigenvalue weighted by Crippen LogP contribution is 2.28. The zero-order chi connectivity index (χ0) is 16.4. The number of methoxy groups -OCH3 is 1. The maximum Gasteiger partial charge on any atom is 0.326 e. The van der Waals surface area contributed by atoms with Crippen LogP contribution >= 0.6 is 22.7 Å². The number of carboxylic acids is 1. The van der Waals surface area contributed by atoms with Gasteiger partial charge in [0, 0.05) is 25.5 Å². The van der Waals surface area contributed by atoms with Crippen molar-refractivity contribution in [1.29, 1.82) is 0 Å². The first-order valence-corrected chi connectivity index (χ1v) is 8.87. The fourth-order valence-corrected chi connectivity index (χ4v) is 4.27. The second-order valence-corrected chi connectivity index (χ2v) is 7.10. The Morgan fingerprint density at radius 1 is 1.48 bits per heavy atom. The molecule has 122 valence electrons. The number of aliphatic carboxylic acids is 1. The molecule has 8 heteroatoms. The van der Waals surface area contributed by atoms with Gasteiger partial charge in [-0.05, 0) is 11.4 Å². The maximum absolute atomic E-state index is 12.5. The lowest BCUT2D eigenvalue weighted by Crippen LogP contribution is -2.41. The lowest BCUT2D eigenvalue weighted by atomic mass is 10.2. The molecule has 3 rings (SSSR count). The number of hydrogen-bond acceptors (Lipinski definition) is 6. The number of amides is 1. The first kappa shape index (κ1) is 16.1. The van der Waals surface area contributed by atoms with E-state index in [9.17, 15) is 14.7 Å². The molecule has 23 heavy (non-hydrogen) atoms. The van der Waals surface area contributed by atoms with Crippen molar-refractivity contribution in [3.63, 3.8) is 0 Å². The summed E-state index contributed by atoms with van der Waals surface area (Å²) in [4.78, 5) is 30.7. The van der Waals surface area contributed by atoms with Crippen LogP contribution in [0.5, 0.6) is 0 Å². The molecular weight excluding hydrogens is 336 g/mol. The van der Waals surface area contributed by atoms with Crippen molar-refractivity contribution in [2.45, 2.75) is 25.0 Å². The Morgan fingerprint density at radius 3 is 2.96 bits per heavy atom. The number of aromatic nitrogens is 1. The lowest BCUT2D eigenvalue weighted by Gasteiger charge is -2.20. The minimum atomic E-state index is -0.990. The molecule has 1 aliphatic rings. The second-order valence-electron chi connectivity index (χ2n) is 5.29. The van der Waals surface area contributed by atoms with E-state index in [0.29, 0.717) is 18.7 Å². The van der Waals surface area contributed by atoms with Crippen molar-refractivity contribution < 1.29 is 19.4 Å². The van der Waals surface area contributed by atoms with Gasteiger partial charge in [0.2, 0.25) is 5.91 Å². The average Bonchev–Trinajstić information content (AvgIpc) is 3.26. The van der Waals surface area contributed by atoms with Gasteiger partial charge in [0.15, 0.2) is 0 Å². The predicted molar refractivity (Wildman–Crippen MR) is 87.7 cm³/mol. The summed E-state index contributed by atoms with van der Waals surface area (Å²) in [6, 6.07) is 3.13. The number of carbonyl (C=O) groups is 2. The highest BCUT2D eigenvalue weighted by atomic mass is 32.1. The van der Waals surface area contributed by atoms with E-state index in [1.54, 1.807) is 11.3 Å². The van der Waals surface area contributed by atoms with Gasteiger partial charge < -0.3 is 14.7 Å². The normalized spacial score (nSPS) is 20.8. The number of likely N-dealkylation sites (tertiary alicyclic amines) is 1. The molecule has 2 unspecified atom stereocenters. The number of thiazole rings is 1. The third-order valence-electron chi connectivity index (χ3n) is 3.82. The molecule has 0 aromatic carbocycles. The minimum absolute atomic E-state index is 0.113. The Morgan fingerprint density at radius 2 is 2.30 bits per heavy atom. The summed E-state index contributed by atoms with van der Waals surface area (Å²) in [5.74, 6) is -1.21. The van der Waals surface area contributed by atoms with Gasteiger partial charge in [-0.2, -0.15) is 0 Å². The number of thiophene rings is 1. The van der Waals surface area contributed by atoms with Crippen molar-refractivity contribution in [2.75, 3.05) is 13.7 Å². The molecular formula is C15H16N2O4S2. The number of ether oxygens (including phenoxy) is 1. The third-order valence-corrected chi connectivity index (χ3v) is 5.75. The Kier molecular flexibility index (Phi) is 4.74. The second kappa shape index (κ2) is 6.77. The van der Waals surface area contributed by atoms with Crippen molar-refractivity contribution in [3.05, 3.63) is 28.6 Å². The number of rotatable bonds is 5. The van der Waals surface area contributed by atoms with E-state index in [0.717, 1.165) is 9.88 Å². The first-order chi connectivity index (χ1) is 11.1. The van der Waals surface area contributed by atoms with Gasteiger partial charge in [0.25, 0.3) is 0 Å². The molecule has 0 aliphatic carbocycles. The smallest absolute Gasteiger partial charge is 0.326 e. The number of nitrogens with zero attached hydrogens (tertiary/aromatic N) is 2. The predicted octanol–water partition coefficient (Wildman–Crippen LogP) is 2.11. The van der Waals surface area contributed by atoms with E-state index >= 15 is 0 Å². The van der Waals surface area contributed by atoms with Crippen molar-refractivity contribution in [2.24, 2.45) is 0 Å². The number of hydrogen-bond donors (Lipinski definition) is 1. The molecule has 6 nitrogen and oxygen atoms in total. The summed E-state index contributed by atoms with van der Waals surface area (Å²) in [5, 5.41) is 14.0. The highest BCUT2D eigenvalue weighted by molar-refractivity contribution is 7.20. The van der Waals surface area contributed by atoms with Crippen LogP contribution in [0.25, 0.3) is 9.88 Å². The highest BCUT2D eigenvalue weighted by Gasteiger charge is 2.39. The molecule has 1 saturated heterocycles. The van der Waals surface area contributed by atoms with Crippen LogP contribution in [0.1, 0.15) is 12.1 Å². The molecule has 1 aliphatic heterocycles. The molecule has 0 bridgehead atoms. The zero-order valence-corrected chi connectivity index (χ0v) is 14.1. The Balaban J connectivity index is 1.70. The van der Waals surface area contributed by atoms with E-state index in [1.807, 2.05) is 22.9 Å². The summed E-state index contributed by atoms with van der Waals surface area (Å²) in [5.41, 5.74) is 0.674. The van der Waals surface area contributed by atoms with Crippen molar-refractivity contribution in [1.82, 2.24) is 9.88 Å². The summed E-state index contributed by atoms with van der Waals surface area (Å²) in [6.07, 6.45) is 0.217. The summed E-state index contributed by atoms with van der Waals surface area (Å²) >= 11 is 3.09. The quantitative estimate of drug-likeness (QED) is 0.891. The number of carboxylic acid groups (broad SMARTS) is 1. The van der Waals surface area contributed by atoms with E-state index in [1.165, 1.54) is 23.3 Å². The fourth-order valence-electron chi connectivity index (χ4n) is 2.64. The van der Waals surface area contributed by atoms with Gasteiger partial charge in [0.1, 0.15) is 11.0 Å². The molecule has 1 amide bonds. The summed E-state index contributed by atoms with van der Waals surface area (Å²) < 4.78 is 5.21. The first-order valence-electron chi connectivity index (χ1n) is 7.12. The van der Waals surface area contributed by atoms with Crippen LogP contribution in [0, 0.1) is 0 Å². The topological polar surface area (TPSA) is 79.7 Å². The molecule has 0 radical (unpaired) electrons. The van der Waals surface area contributed by atoms with Gasteiger partial charge >= 0.3 is 5.97 Å². The van der Waals surface area contributed by atoms with Crippen LogP contribution in [-0.4, -0.2) is 52.7 Å². The maximum atomic E-state index is 12.5. The van der Waals surface area contributed by atoms with Crippen LogP contribution in [-0.2, 0) is 20.7 Å². The Bertz CT molecular complexity index is 698. The lowest BCUT2D eigenvalue weighted by molar-refractivity contribution is -0.148. The van der Waals surface area contributed by atoms with Crippen LogP contribution in [0.4, 0.5) is 0 Å². The molecule has 0 spiro atoms. The van der Waals surface area contributed by atoms with Gasteiger partial charge in [-0.15, -0.1) is 22.7 Å². The minimum Gasteiger partial charge on any atom is -0.480 e.